The molecule has 0 aliphatic heterocycles. The highest BCUT2D eigenvalue weighted by molar-refractivity contribution is 7.20. The molecular weight excluding hydrogens is 357 g/mol. The highest BCUT2D eigenvalue weighted by Crippen LogP contribution is 2.34. The van der Waals surface area contributed by atoms with E-state index in [4.69, 9.17) is 4.74 Å². The van der Waals surface area contributed by atoms with E-state index in [1.165, 1.54) is 13.0 Å². The van der Waals surface area contributed by atoms with Crippen LogP contribution in [0.25, 0.3) is 10.2 Å². The number of rotatable bonds is 4. The number of nitrogens with one attached hydrogen (secondary N) is 1. The van der Waals surface area contributed by atoms with Crippen molar-refractivity contribution in [2.45, 2.75) is 45.0 Å². The van der Waals surface area contributed by atoms with E-state index < -0.39 is 23.9 Å². The van der Waals surface area contributed by atoms with E-state index >= 15 is 0 Å². The number of esters is 1. The van der Waals surface area contributed by atoms with Crippen molar-refractivity contribution in [2.75, 3.05) is 0 Å². The Kier molecular flexibility index (Phi) is 4.44. The molecule has 1 aliphatic carbocycles. The van der Waals surface area contributed by atoms with E-state index in [2.05, 4.69) is 10.3 Å². The number of aryl methyl sites for hydroxylation is 1. The molecule has 5 nitrogen and oxygen atoms in total. The molecule has 0 aromatic carbocycles. The first-order valence-electron chi connectivity index (χ1n) is 7.65. The Morgan fingerprint density at radius 1 is 1.36 bits per heavy atom. The van der Waals surface area contributed by atoms with Crippen LogP contribution in [0.4, 0.5) is 13.2 Å². The van der Waals surface area contributed by atoms with Gasteiger partial charge < -0.3 is 10.1 Å². The topological polar surface area (TPSA) is 68.3 Å². The maximum absolute atomic E-state index is 12.8. The number of aromatic nitrogens is 1. The van der Waals surface area contributed by atoms with Gasteiger partial charge in [0.2, 0.25) is 0 Å². The van der Waals surface area contributed by atoms with Crippen LogP contribution in [0, 0.1) is 6.92 Å². The lowest BCUT2D eigenvalue weighted by Gasteiger charge is -2.12. The number of fused-ring (bicyclic) bond motifs is 1. The number of thiophene rings is 1. The van der Waals surface area contributed by atoms with Crippen LogP contribution in [-0.4, -0.2) is 29.0 Å². The second kappa shape index (κ2) is 6.29. The van der Waals surface area contributed by atoms with Crippen LogP contribution in [0.1, 0.15) is 40.7 Å². The summed E-state index contributed by atoms with van der Waals surface area (Å²) in [5.74, 6) is -1.13. The standard InChI is InChI=1S/C16H15F3N2O3S/c1-7-10-5-6-11(16(17,18)19)21-14(10)25-12(7)15(23)24-8(2)13(22)20-9-3-4-9/h5-6,8-9H,3-4H2,1-2H3,(H,20,22). The maximum atomic E-state index is 12.8. The molecule has 1 amide bonds. The van der Waals surface area contributed by atoms with Gasteiger partial charge in [0, 0.05) is 11.4 Å². The number of pyridine rings is 1. The van der Waals surface area contributed by atoms with E-state index in [0.29, 0.717) is 10.9 Å². The van der Waals surface area contributed by atoms with Gasteiger partial charge in [-0.2, -0.15) is 13.2 Å². The molecule has 1 fully saturated rings. The molecule has 2 aromatic rings. The molecule has 3 rings (SSSR count). The van der Waals surface area contributed by atoms with Crippen LogP contribution < -0.4 is 5.32 Å². The zero-order chi connectivity index (χ0) is 18.4. The summed E-state index contributed by atoms with van der Waals surface area (Å²) in [6, 6.07) is 2.31. The molecule has 134 valence electrons. The van der Waals surface area contributed by atoms with Gasteiger partial charge in [0.25, 0.3) is 5.91 Å². The molecule has 2 aromatic heterocycles. The lowest BCUT2D eigenvalue weighted by atomic mass is 10.2. The van der Waals surface area contributed by atoms with Gasteiger partial charge in [-0.05, 0) is 44.4 Å². The van der Waals surface area contributed by atoms with Crippen molar-refractivity contribution in [3.8, 4) is 0 Å². The first kappa shape index (κ1) is 17.7. The molecule has 9 heteroatoms. The molecule has 0 saturated heterocycles. The number of ether oxygens (including phenoxy) is 1. The van der Waals surface area contributed by atoms with Gasteiger partial charge in [0.1, 0.15) is 15.4 Å². The summed E-state index contributed by atoms with van der Waals surface area (Å²) < 4.78 is 43.4. The third-order valence-corrected chi connectivity index (χ3v) is 5.04. The molecule has 1 unspecified atom stereocenters. The number of carbonyl (C=O) groups is 2. The minimum absolute atomic E-state index is 0.106. The van der Waals surface area contributed by atoms with Crippen molar-refractivity contribution in [2.24, 2.45) is 0 Å². The Bertz CT molecular complexity index is 843. The molecule has 0 spiro atoms. The quantitative estimate of drug-likeness (QED) is 0.835. The van der Waals surface area contributed by atoms with Gasteiger partial charge in [0.05, 0.1) is 0 Å². The van der Waals surface area contributed by atoms with Crippen molar-refractivity contribution in [3.63, 3.8) is 0 Å². The molecule has 1 aliphatic rings. The lowest BCUT2D eigenvalue weighted by molar-refractivity contribution is -0.141. The Hall–Kier alpha value is -2.16. The van der Waals surface area contributed by atoms with E-state index in [1.807, 2.05) is 0 Å². The minimum Gasteiger partial charge on any atom is -0.448 e. The monoisotopic (exact) mass is 372 g/mol. The third kappa shape index (κ3) is 3.76. The Morgan fingerprint density at radius 2 is 2.04 bits per heavy atom. The maximum Gasteiger partial charge on any atom is 0.433 e. The Balaban J connectivity index is 1.81. The number of nitrogens with zero attached hydrogens (tertiary/aromatic N) is 1. The van der Waals surface area contributed by atoms with Crippen molar-refractivity contribution >= 4 is 33.4 Å². The Morgan fingerprint density at radius 3 is 2.64 bits per heavy atom. The van der Waals surface area contributed by atoms with Gasteiger partial charge in [0.15, 0.2) is 6.10 Å². The van der Waals surface area contributed by atoms with E-state index in [-0.39, 0.29) is 21.7 Å². The third-order valence-electron chi connectivity index (χ3n) is 3.86. The SMILES string of the molecule is Cc1c(C(=O)OC(C)C(=O)NC2CC2)sc2nc(C(F)(F)F)ccc12. The van der Waals surface area contributed by atoms with Crippen LogP contribution in [0.15, 0.2) is 12.1 Å². The average Bonchev–Trinajstić information content (AvgIpc) is 3.28. The van der Waals surface area contributed by atoms with Crippen LogP contribution in [0.5, 0.6) is 0 Å². The molecule has 0 bridgehead atoms. The largest absolute Gasteiger partial charge is 0.448 e. The number of hydrogen-bond donors (Lipinski definition) is 1. The highest BCUT2D eigenvalue weighted by atomic mass is 32.1. The van der Waals surface area contributed by atoms with Crippen molar-refractivity contribution < 1.29 is 27.5 Å². The van der Waals surface area contributed by atoms with Crippen molar-refractivity contribution in [1.29, 1.82) is 0 Å². The first-order chi connectivity index (χ1) is 11.7. The van der Waals surface area contributed by atoms with Crippen LogP contribution in [0.3, 0.4) is 0 Å². The van der Waals surface area contributed by atoms with Crippen LogP contribution >= 0.6 is 11.3 Å². The zero-order valence-corrected chi connectivity index (χ0v) is 14.3. The first-order valence-corrected chi connectivity index (χ1v) is 8.47. The fourth-order valence-corrected chi connectivity index (χ4v) is 3.33. The van der Waals surface area contributed by atoms with Crippen molar-refractivity contribution in [1.82, 2.24) is 10.3 Å². The summed E-state index contributed by atoms with van der Waals surface area (Å²) in [7, 11) is 0. The van der Waals surface area contributed by atoms with Gasteiger partial charge >= 0.3 is 12.1 Å². The zero-order valence-electron chi connectivity index (χ0n) is 13.4. The molecule has 0 radical (unpaired) electrons. The number of carbonyl (C=O) groups excluding carboxylic acids is 2. The lowest BCUT2D eigenvalue weighted by Crippen LogP contribution is -2.37. The van der Waals surface area contributed by atoms with Crippen LogP contribution in [-0.2, 0) is 15.7 Å². The number of alkyl halides is 3. The fraction of sp³-hybridized carbons (Fsp3) is 0.438. The summed E-state index contributed by atoms with van der Waals surface area (Å²) >= 11 is 0.825. The predicted molar refractivity (Wildman–Crippen MR) is 85.4 cm³/mol. The van der Waals surface area contributed by atoms with Gasteiger partial charge in [-0.15, -0.1) is 11.3 Å². The average molecular weight is 372 g/mol. The van der Waals surface area contributed by atoms with Crippen LogP contribution in [0.2, 0.25) is 0 Å². The summed E-state index contributed by atoms with van der Waals surface area (Å²) in [6.45, 7) is 3.07. The number of amides is 1. The van der Waals surface area contributed by atoms with Crippen molar-refractivity contribution in [3.05, 3.63) is 28.3 Å². The molecular formula is C16H15F3N2O3S. The smallest absolute Gasteiger partial charge is 0.433 e. The second-order valence-corrected chi connectivity index (χ2v) is 6.93. The molecule has 25 heavy (non-hydrogen) atoms. The highest BCUT2D eigenvalue weighted by Gasteiger charge is 2.33. The summed E-state index contributed by atoms with van der Waals surface area (Å²) in [6.07, 6.45) is -3.71. The van der Waals surface area contributed by atoms with Gasteiger partial charge in [-0.3, -0.25) is 4.79 Å². The van der Waals surface area contributed by atoms with E-state index in [1.54, 1.807) is 6.92 Å². The number of hydrogen-bond acceptors (Lipinski definition) is 5. The summed E-state index contributed by atoms with van der Waals surface area (Å²) in [5.41, 5.74) is -0.528. The molecule has 2 heterocycles. The molecule has 1 N–H and O–H groups in total. The minimum atomic E-state index is -4.55. The number of halogens is 3. The molecule has 1 atom stereocenters. The normalized spacial score (nSPS) is 15.9. The molecule has 1 saturated carbocycles. The van der Waals surface area contributed by atoms with E-state index in [9.17, 15) is 22.8 Å². The van der Waals surface area contributed by atoms with Gasteiger partial charge in [-0.1, -0.05) is 0 Å². The van der Waals surface area contributed by atoms with Gasteiger partial charge in [-0.25, -0.2) is 9.78 Å². The fourth-order valence-electron chi connectivity index (χ4n) is 2.27. The summed E-state index contributed by atoms with van der Waals surface area (Å²) in [4.78, 5) is 28.0. The Labute approximate surface area is 145 Å². The van der Waals surface area contributed by atoms with E-state index in [0.717, 1.165) is 30.2 Å². The predicted octanol–water partition coefficient (Wildman–Crippen LogP) is 3.45. The second-order valence-electron chi connectivity index (χ2n) is 5.93. The summed E-state index contributed by atoms with van der Waals surface area (Å²) in [5, 5.41) is 3.18.